The maximum atomic E-state index is 11.6. The second-order valence-corrected chi connectivity index (χ2v) is 11.9. The molecule has 1 aromatic rings. The molecule has 1 heterocycles. The highest BCUT2D eigenvalue weighted by molar-refractivity contribution is 6.74. The first kappa shape index (κ1) is 18.9. The van der Waals surface area contributed by atoms with Crippen molar-refractivity contribution in [2.75, 3.05) is 13.2 Å². The standard InChI is InChI=1S/C15H28N2O4Si/c1-12-10-17(14(19)16-13(12)18)11-20-8-7-9-21-22(5,6)15(2,3)4/h10H,7-9,11H2,1-6H3,(H,16,18,19). The molecule has 1 aromatic heterocycles. The van der Waals surface area contributed by atoms with Gasteiger partial charge >= 0.3 is 5.69 Å². The van der Waals surface area contributed by atoms with E-state index in [-0.39, 0.29) is 17.3 Å². The van der Waals surface area contributed by atoms with Crippen LogP contribution >= 0.6 is 0 Å². The quantitative estimate of drug-likeness (QED) is 0.615. The number of H-pyrrole nitrogens is 1. The van der Waals surface area contributed by atoms with Gasteiger partial charge in [0, 0.05) is 18.4 Å². The van der Waals surface area contributed by atoms with Gasteiger partial charge in [0.1, 0.15) is 6.73 Å². The molecule has 0 radical (unpaired) electrons. The van der Waals surface area contributed by atoms with Gasteiger partial charge in [-0.2, -0.15) is 0 Å². The summed E-state index contributed by atoms with van der Waals surface area (Å²) in [7, 11) is -1.70. The van der Waals surface area contributed by atoms with Crippen LogP contribution in [0.1, 0.15) is 32.8 Å². The molecule has 22 heavy (non-hydrogen) atoms. The van der Waals surface area contributed by atoms with Crippen LogP contribution in [0.2, 0.25) is 18.1 Å². The summed E-state index contributed by atoms with van der Waals surface area (Å²) in [6, 6.07) is 0. The van der Waals surface area contributed by atoms with Crippen LogP contribution in [0, 0.1) is 6.92 Å². The van der Waals surface area contributed by atoms with Gasteiger partial charge < -0.3 is 9.16 Å². The van der Waals surface area contributed by atoms with E-state index in [1.54, 1.807) is 6.92 Å². The molecule has 0 fully saturated rings. The molecule has 0 saturated carbocycles. The van der Waals surface area contributed by atoms with Crippen molar-refractivity contribution in [3.05, 3.63) is 32.6 Å². The second-order valence-electron chi connectivity index (χ2n) is 7.04. The molecule has 0 amide bonds. The number of aromatic amines is 1. The van der Waals surface area contributed by atoms with Crippen LogP contribution < -0.4 is 11.2 Å². The zero-order valence-corrected chi connectivity index (χ0v) is 15.5. The van der Waals surface area contributed by atoms with E-state index in [4.69, 9.17) is 9.16 Å². The minimum Gasteiger partial charge on any atom is -0.417 e. The van der Waals surface area contributed by atoms with E-state index in [0.717, 1.165) is 6.42 Å². The van der Waals surface area contributed by atoms with Gasteiger partial charge in [-0.1, -0.05) is 20.8 Å². The van der Waals surface area contributed by atoms with Gasteiger partial charge in [0.25, 0.3) is 5.56 Å². The van der Waals surface area contributed by atoms with Crippen LogP contribution in [0.3, 0.4) is 0 Å². The SMILES string of the molecule is Cc1cn(COCCCO[Si](C)(C)C(C)(C)C)c(=O)[nH]c1=O. The predicted molar refractivity (Wildman–Crippen MR) is 89.8 cm³/mol. The van der Waals surface area contributed by atoms with Crippen molar-refractivity contribution in [1.29, 1.82) is 0 Å². The minimum absolute atomic E-state index is 0.135. The van der Waals surface area contributed by atoms with E-state index in [1.165, 1.54) is 10.8 Å². The first-order chi connectivity index (χ1) is 10.0. The summed E-state index contributed by atoms with van der Waals surface area (Å²) in [4.78, 5) is 25.1. The van der Waals surface area contributed by atoms with Crippen molar-refractivity contribution < 1.29 is 9.16 Å². The second kappa shape index (κ2) is 7.39. The number of nitrogens with one attached hydrogen (secondary N) is 1. The third-order valence-corrected chi connectivity index (χ3v) is 8.66. The average molecular weight is 328 g/mol. The third kappa shape index (κ3) is 5.22. The van der Waals surface area contributed by atoms with Gasteiger partial charge in [0.15, 0.2) is 8.32 Å². The number of nitrogens with zero attached hydrogens (tertiary/aromatic N) is 1. The molecular weight excluding hydrogens is 300 g/mol. The number of rotatable bonds is 7. The molecule has 126 valence electrons. The lowest BCUT2D eigenvalue weighted by Crippen LogP contribution is -2.41. The Morgan fingerprint density at radius 2 is 1.86 bits per heavy atom. The molecule has 7 heteroatoms. The van der Waals surface area contributed by atoms with Crippen LogP contribution in [-0.2, 0) is 15.9 Å². The first-order valence-corrected chi connectivity index (χ1v) is 10.5. The molecule has 0 aliphatic heterocycles. The van der Waals surface area contributed by atoms with Gasteiger partial charge in [-0.05, 0) is 31.5 Å². The highest BCUT2D eigenvalue weighted by Gasteiger charge is 2.36. The number of aryl methyl sites for hydroxylation is 1. The molecular formula is C15H28N2O4Si. The minimum atomic E-state index is -1.70. The summed E-state index contributed by atoms with van der Waals surface area (Å²) in [6.07, 6.45) is 2.29. The van der Waals surface area contributed by atoms with Crippen LogP contribution in [0.15, 0.2) is 15.8 Å². The fourth-order valence-corrected chi connectivity index (χ4v) is 2.67. The number of hydrogen-bond donors (Lipinski definition) is 1. The van der Waals surface area contributed by atoms with E-state index in [2.05, 4.69) is 38.8 Å². The van der Waals surface area contributed by atoms with E-state index in [0.29, 0.717) is 18.8 Å². The van der Waals surface area contributed by atoms with Gasteiger partial charge in [-0.15, -0.1) is 0 Å². The van der Waals surface area contributed by atoms with Crippen molar-refractivity contribution in [2.45, 2.75) is 59.0 Å². The number of aromatic nitrogens is 2. The van der Waals surface area contributed by atoms with Gasteiger partial charge in [-0.25, -0.2) is 4.79 Å². The predicted octanol–water partition coefficient (Wildman–Crippen LogP) is 2.23. The Morgan fingerprint density at radius 1 is 1.23 bits per heavy atom. The summed E-state index contributed by atoms with van der Waals surface area (Å²) < 4.78 is 12.9. The highest BCUT2D eigenvalue weighted by Crippen LogP contribution is 2.36. The lowest BCUT2D eigenvalue weighted by Gasteiger charge is -2.36. The van der Waals surface area contributed by atoms with Crippen LogP contribution in [-0.4, -0.2) is 31.1 Å². The molecule has 1 rings (SSSR count). The van der Waals surface area contributed by atoms with Gasteiger partial charge in [0.05, 0.1) is 6.61 Å². The van der Waals surface area contributed by atoms with Crippen molar-refractivity contribution in [1.82, 2.24) is 9.55 Å². The van der Waals surface area contributed by atoms with E-state index in [9.17, 15) is 9.59 Å². The first-order valence-electron chi connectivity index (χ1n) is 7.57. The zero-order chi connectivity index (χ0) is 17.0. The molecule has 0 bridgehead atoms. The normalized spacial score (nSPS) is 12.6. The molecule has 0 aliphatic carbocycles. The molecule has 6 nitrogen and oxygen atoms in total. The van der Waals surface area contributed by atoms with E-state index >= 15 is 0 Å². The molecule has 0 unspecified atom stereocenters. The third-order valence-electron chi connectivity index (χ3n) is 4.12. The Labute approximate surface area is 132 Å². The topological polar surface area (TPSA) is 73.3 Å². The molecule has 0 aromatic carbocycles. The summed E-state index contributed by atoms with van der Waals surface area (Å²) >= 11 is 0. The highest BCUT2D eigenvalue weighted by atomic mass is 28.4. The smallest absolute Gasteiger partial charge is 0.330 e. The van der Waals surface area contributed by atoms with Crippen LogP contribution in [0.25, 0.3) is 0 Å². The molecule has 0 spiro atoms. The van der Waals surface area contributed by atoms with Crippen molar-refractivity contribution >= 4 is 8.32 Å². The van der Waals surface area contributed by atoms with Crippen LogP contribution in [0.4, 0.5) is 0 Å². The summed E-state index contributed by atoms with van der Waals surface area (Å²) in [6.45, 7) is 14.0. The monoisotopic (exact) mass is 328 g/mol. The Balaban J connectivity index is 2.34. The van der Waals surface area contributed by atoms with Gasteiger partial charge in [0.2, 0.25) is 0 Å². The Hall–Kier alpha value is -1.18. The number of hydrogen-bond acceptors (Lipinski definition) is 4. The fraction of sp³-hybridized carbons (Fsp3) is 0.733. The fourth-order valence-electron chi connectivity index (χ4n) is 1.58. The molecule has 1 N–H and O–H groups in total. The summed E-state index contributed by atoms with van der Waals surface area (Å²) in [5.41, 5.74) is -0.318. The molecule has 0 atom stereocenters. The van der Waals surface area contributed by atoms with E-state index in [1.807, 2.05) is 0 Å². The summed E-state index contributed by atoms with van der Waals surface area (Å²) in [5.74, 6) is 0. The van der Waals surface area contributed by atoms with Crippen molar-refractivity contribution in [3.8, 4) is 0 Å². The lowest BCUT2D eigenvalue weighted by atomic mass is 10.2. The number of ether oxygens (including phenoxy) is 1. The Kier molecular flexibility index (Phi) is 6.34. The Bertz CT molecular complexity index is 599. The molecule has 0 aliphatic rings. The average Bonchev–Trinajstić information content (AvgIpc) is 2.37. The van der Waals surface area contributed by atoms with Gasteiger partial charge in [-0.3, -0.25) is 14.3 Å². The zero-order valence-electron chi connectivity index (χ0n) is 14.5. The van der Waals surface area contributed by atoms with Crippen LogP contribution in [0.5, 0.6) is 0 Å². The van der Waals surface area contributed by atoms with E-state index < -0.39 is 14.0 Å². The maximum Gasteiger partial charge on any atom is 0.330 e. The Morgan fingerprint density at radius 3 is 2.45 bits per heavy atom. The maximum absolute atomic E-state index is 11.6. The van der Waals surface area contributed by atoms with Crippen molar-refractivity contribution in [3.63, 3.8) is 0 Å². The lowest BCUT2D eigenvalue weighted by molar-refractivity contribution is 0.0635. The molecule has 0 saturated heterocycles. The largest absolute Gasteiger partial charge is 0.417 e. The summed E-state index contributed by atoms with van der Waals surface area (Å²) in [5, 5.41) is 0.203. The van der Waals surface area contributed by atoms with Crippen molar-refractivity contribution in [2.24, 2.45) is 0 Å².